The molecule has 2 N–H and O–H groups in total. The van der Waals surface area contributed by atoms with Crippen LogP contribution in [-0.4, -0.2) is 28.8 Å². The summed E-state index contributed by atoms with van der Waals surface area (Å²) in [6, 6.07) is 14.7. The molecule has 0 radical (unpaired) electrons. The number of rotatable bonds is 5. The number of guanidine groups is 1. The maximum Gasteiger partial charge on any atom is 0.191 e. The second-order valence-corrected chi connectivity index (χ2v) is 7.02. The second-order valence-electron chi connectivity index (χ2n) is 6.17. The van der Waals surface area contributed by atoms with Crippen molar-refractivity contribution in [1.82, 2.24) is 20.2 Å². The van der Waals surface area contributed by atoms with Crippen molar-refractivity contribution < 1.29 is 0 Å². The van der Waals surface area contributed by atoms with Crippen molar-refractivity contribution in [3.63, 3.8) is 0 Å². The number of imidazole rings is 1. The number of halogens is 1. The number of nitrogens with zero attached hydrogens (tertiary/aromatic N) is 3. The lowest BCUT2D eigenvalue weighted by Gasteiger charge is -2.14. The van der Waals surface area contributed by atoms with Crippen molar-refractivity contribution in [3.05, 3.63) is 59.4 Å². The van der Waals surface area contributed by atoms with Gasteiger partial charge in [0, 0.05) is 25.5 Å². The molecule has 0 aliphatic heterocycles. The van der Waals surface area contributed by atoms with Gasteiger partial charge < -0.3 is 15.2 Å². The standard InChI is InChI=1S/C20H25N5S.HI/c1-14-9-10-15(18(11-14)26-4)12-22-20(21-2)23-13-19-24-16-7-5-6-8-17(16)25(19)3;/h5-11H,12-13H2,1-4H3,(H2,21,22,23);1H. The molecule has 2 aromatic carbocycles. The number of nitrogens with one attached hydrogen (secondary N) is 2. The van der Waals surface area contributed by atoms with Crippen LogP contribution in [0.1, 0.15) is 17.0 Å². The molecule has 27 heavy (non-hydrogen) atoms. The van der Waals surface area contributed by atoms with E-state index in [-0.39, 0.29) is 24.0 Å². The Bertz CT molecular complexity index is 935. The van der Waals surface area contributed by atoms with Crippen molar-refractivity contribution in [2.24, 2.45) is 12.0 Å². The Morgan fingerprint density at radius 2 is 1.89 bits per heavy atom. The van der Waals surface area contributed by atoms with Gasteiger partial charge in [0.15, 0.2) is 5.96 Å². The highest BCUT2D eigenvalue weighted by Crippen LogP contribution is 2.21. The Morgan fingerprint density at radius 3 is 2.59 bits per heavy atom. The number of aromatic nitrogens is 2. The summed E-state index contributed by atoms with van der Waals surface area (Å²) in [7, 11) is 3.83. The average molecular weight is 495 g/mol. The van der Waals surface area contributed by atoms with Crippen LogP contribution in [0.3, 0.4) is 0 Å². The third-order valence-corrected chi connectivity index (χ3v) is 5.23. The molecular formula is C20H26IN5S. The largest absolute Gasteiger partial charge is 0.352 e. The highest BCUT2D eigenvalue weighted by molar-refractivity contribution is 14.0. The van der Waals surface area contributed by atoms with Crippen LogP contribution in [0, 0.1) is 6.92 Å². The number of fused-ring (bicyclic) bond motifs is 1. The lowest BCUT2D eigenvalue weighted by molar-refractivity contribution is 0.734. The number of thioether (sulfide) groups is 1. The zero-order chi connectivity index (χ0) is 18.5. The summed E-state index contributed by atoms with van der Waals surface area (Å²) in [5, 5.41) is 6.75. The van der Waals surface area contributed by atoms with Gasteiger partial charge in [-0.1, -0.05) is 24.3 Å². The summed E-state index contributed by atoms with van der Waals surface area (Å²) < 4.78 is 2.11. The van der Waals surface area contributed by atoms with Crippen LogP contribution in [0.25, 0.3) is 11.0 Å². The summed E-state index contributed by atoms with van der Waals surface area (Å²) >= 11 is 1.77. The summed E-state index contributed by atoms with van der Waals surface area (Å²) in [5.41, 5.74) is 4.70. The van der Waals surface area contributed by atoms with Crippen molar-refractivity contribution in [3.8, 4) is 0 Å². The molecule has 0 amide bonds. The van der Waals surface area contributed by atoms with Gasteiger partial charge in [-0.15, -0.1) is 35.7 Å². The molecule has 144 valence electrons. The molecule has 0 atom stereocenters. The quantitative estimate of drug-likeness (QED) is 0.243. The number of aryl methyl sites for hydroxylation is 2. The fourth-order valence-corrected chi connectivity index (χ4v) is 3.62. The van der Waals surface area contributed by atoms with Crippen molar-refractivity contribution in [1.29, 1.82) is 0 Å². The van der Waals surface area contributed by atoms with E-state index in [0.29, 0.717) is 6.54 Å². The van der Waals surface area contributed by atoms with Gasteiger partial charge in [0.1, 0.15) is 5.82 Å². The van der Waals surface area contributed by atoms with E-state index >= 15 is 0 Å². The first-order valence-corrected chi connectivity index (χ1v) is 9.83. The first-order valence-electron chi connectivity index (χ1n) is 8.60. The highest BCUT2D eigenvalue weighted by atomic mass is 127. The molecule has 0 saturated carbocycles. The molecule has 0 aliphatic carbocycles. The summed E-state index contributed by atoms with van der Waals surface area (Å²) in [6.45, 7) is 3.47. The Balaban J connectivity index is 0.00000261. The Kier molecular flexibility index (Phi) is 7.97. The molecule has 5 nitrogen and oxygen atoms in total. The number of hydrogen-bond acceptors (Lipinski definition) is 3. The monoisotopic (exact) mass is 495 g/mol. The van der Waals surface area contributed by atoms with E-state index in [1.54, 1.807) is 18.8 Å². The van der Waals surface area contributed by atoms with Gasteiger partial charge >= 0.3 is 0 Å². The van der Waals surface area contributed by atoms with E-state index < -0.39 is 0 Å². The number of para-hydroxylation sites is 2. The predicted molar refractivity (Wildman–Crippen MR) is 126 cm³/mol. The molecule has 3 aromatic rings. The highest BCUT2D eigenvalue weighted by Gasteiger charge is 2.08. The molecular weight excluding hydrogens is 469 g/mol. The zero-order valence-electron chi connectivity index (χ0n) is 16.1. The van der Waals surface area contributed by atoms with Crippen LogP contribution in [0.4, 0.5) is 0 Å². The van der Waals surface area contributed by atoms with Crippen LogP contribution in [-0.2, 0) is 20.1 Å². The molecule has 0 aliphatic rings. The SMILES string of the molecule is CN=C(NCc1ccc(C)cc1SC)NCc1nc2ccccc2n1C.I. The summed E-state index contributed by atoms with van der Waals surface area (Å²) in [5.74, 6) is 1.75. The number of benzene rings is 2. The van der Waals surface area contributed by atoms with E-state index in [0.717, 1.165) is 29.4 Å². The van der Waals surface area contributed by atoms with Gasteiger partial charge in [0.2, 0.25) is 0 Å². The lowest BCUT2D eigenvalue weighted by Crippen LogP contribution is -2.37. The number of aliphatic imine (C=N–C) groups is 1. The van der Waals surface area contributed by atoms with Gasteiger partial charge in [-0.05, 0) is 42.5 Å². The topological polar surface area (TPSA) is 54.2 Å². The molecule has 0 bridgehead atoms. The maximum absolute atomic E-state index is 4.69. The van der Waals surface area contributed by atoms with Crippen molar-refractivity contribution in [2.45, 2.75) is 24.9 Å². The van der Waals surface area contributed by atoms with E-state index in [2.05, 4.69) is 62.6 Å². The van der Waals surface area contributed by atoms with E-state index in [1.807, 2.05) is 25.2 Å². The summed E-state index contributed by atoms with van der Waals surface area (Å²) in [6.07, 6.45) is 2.11. The molecule has 0 spiro atoms. The van der Waals surface area contributed by atoms with Crippen LogP contribution >= 0.6 is 35.7 Å². The predicted octanol–water partition coefficient (Wildman–Crippen LogP) is 4.09. The molecule has 7 heteroatoms. The first kappa shape index (κ1) is 21.6. The smallest absolute Gasteiger partial charge is 0.191 e. The molecule has 1 heterocycles. The number of hydrogen-bond donors (Lipinski definition) is 2. The van der Waals surface area contributed by atoms with E-state index in [9.17, 15) is 0 Å². The molecule has 0 fully saturated rings. The summed E-state index contributed by atoms with van der Waals surface area (Å²) in [4.78, 5) is 10.3. The van der Waals surface area contributed by atoms with Crippen LogP contribution in [0.2, 0.25) is 0 Å². The Hall–Kier alpha value is -1.74. The van der Waals surface area contributed by atoms with Crippen LogP contribution < -0.4 is 10.6 Å². The average Bonchev–Trinajstić information content (AvgIpc) is 2.99. The first-order chi connectivity index (χ1) is 12.6. The maximum atomic E-state index is 4.69. The molecule has 0 unspecified atom stereocenters. The minimum absolute atomic E-state index is 0. The van der Waals surface area contributed by atoms with Gasteiger partial charge in [-0.3, -0.25) is 4.99 Å². The fraction of sp³-hybridized carbons (Fsp3) is 0.300. The normalized spacial score (nSPS) is 11.3. The van der Waals surface area contributed by atoms with Gasteiger partial charge in [-0.2, -0.15) is 0 Å². The minimum atomic E-state index is 0. The fourth-order valence-electron chi connectivity index (χ4n) is 2.91. The molecule has 1 aromatic heterocycles. The van der Waals surface area contributed by atoms with Gasteiger partial charge in [0.25, 0.3) is 0 Å². The zero-order valence-corrected chi connectivity index (χ0v) is 19.3. The third-order valence-electron chi connectivity index (χ3n) is 4.41. The Labute approximate surface area is 182 Å². The second kappa shape index (κ2) is 9.98. The van der Waals surface area contributed by atoms with E-state index in [1.165, 1.54) is 16.0 Å². The minimum Gasteiger partial charge on any atom is -0.352 e. The van der Waals surface area contributed by atoms with Gasteiger partial charge in [0.05, 0.1) is 17.6 Å². The van der Waals surface area contributed by atoms with Crippen molar-refractivity contribution in [2.75, 3.05) is 13.3 Å². The molecule has 3 rings (SSSR count). The van der Waals surface area contributed by atoms with Crippen molar-refractivity contribution >= 4 is 52.7 Å². The van der Waals surface area contributed by atoms with E-state index in [4.69, 9.17) is 0 Å². The van der Waals surface area contributed by atoms with Crippen LogP contribution in [0.5, 0.6) is 0 Å². The lowest BCUT2D eigenvalue weighted by atomic mass is 10.1. The Morgan fingerprint density at radius 1 is 1.15 bits per heavy atom. The third kappa shape index (κ3) is 5.16. The molecule has 0 saturated heterocycles. The van der Waals surface area contributed by atoms with Crippen LogP contribution in [0.15, 0.2) is 52.4 Å². The van der Waals surface area contributed by atoms with Gasteiger partial charge in [-0.25, -0.2) is 4.98 Å².